The Bertz CT molecular complexity index is 807. The Hall–Kier alpha value is -2.61. The van der Waals surface area contributed by atoms with E-state index in [4.69, 9.17) is 14.2 Å². The Morgan fingerprint density at radius 2 is 1.92 bits per heavy atom. The first-order valence-electron chi connectivity index (χ1n) is 7.04. The van der Waals surface area contributed by atoms with Crippen LogP contribution in [0.1, 0.15) is 15.9 Å². The van der Waals surface area contributed by atoms with Gasteiger partial charge >= 0.3 is 5.97 Å². The zero-order valence-electron chi connectivity index (χ0n) is 12.4. The summed E-state index contributed by atoms with van der Waals surface area (Å²) in [6.07, 6.45) is 0. The predicted octanol–water partition coefficient (Wildman–Crippen LogP) is 3.49. The number of halogens is 1. The van der Waals surface area contributed by atoms with Gasteiger partial charge in [0.15, 0.2) is 11.5 Å². The highest BCUT2D eigenvalue weighted by molar-refractivity contribution is 9.10. The number of hydrogen-bond acceptors (Lipinski definition) is 6. The summed E-state index contributed by atoms with van der Waals surface area (Å²) in [6.45, 7) is 0.623. The number of carbonyl (C=O) groups excluding carboxylic acids is 1. The molecule has 0 amide bonds. The summed E-state index contributed by atoms with van der Waals surface area (Å²) >= 11 is 3.33. The largest absolute Gasteiger partial charge is 0.486 e. The van der Waals surface area contributed by atoms with Crippen LogP contribution in [0.15, 0.2) is 40.9 Å². The molecule has 0 aliphatic carbocycles. The number of ether oxygens (including phenoxy) is 3. The molecule has 0 spiro atoms. The highest BCUT2D eigenvalue weighted by atomic mass is 79.9. The molecule has 0 atom stereocenters. The Morgan fingerprint density at radius 1 is 1.21 bits per heavy atom. The first-order valence-corrected chi connectivity index (χ1v) is 7.83. The van der Waals surface area contributed by atoms with E-state index in [2.05, 4.69) is 15.9 Å². The van der Waals surface area contributed by atoms with Crippen LogP contribution in [0, 0.1) is 10.1 Å². The van der Waals surface area contributed by atoms with Gasteiger partial charge in [0.25, 0.3) is 5.69 Å². The molecule has 1 aliphatic heterocycles. The maximum Gasteiger partial charge on any atom is 0.345 e. The molecule has 7 nitrogen and oxygen atoms in total. The molecule has 3 rings (SSSR count). The number of fused-ring (bicyclic) bond motifs is 1. The van der Waals surface area contributed by atoms with Crippen LogP contribution in [0.25, 0.3) is 0 Å². The molecule has 2 aromatic rings. The lowest BCUT2D eigenvalue weighted by Crippen LogP contribution is -2.17. The highest BCUT2D eigenvalue weighted by Gasteiger charge is 2.27. The first-order chi connectivity index (χ1) is 11.5. The van der Waals surface area contributed by atoms with E-state index in [9.17, 15) is 14.9 Å². The van der Waals surface area contributed by atoms with Gasteiger partial charge in [-0.25, -0.2) is 4.79 Å². The summed E-state index contributed by atoms with van der Waals surface area (Å²) < 4.78 is 16.7. The molecular weight excluding hydrogens is 382 g/mol. The number of nitro benzene ring substituents is 1. The van der Waals surface area contributed by atoms with Crippen molar-refractivity contribution in [2.24, 2.45) is 0 Å². The molecular formula is C16H12BrNO6. The number of benzene rings is 2. The molecule has 0 fully saturated rings. The topological polar surface area (TPSA) is 87.9 Å². The Morgan fingerprint density at radius 3 is 2.58 bits per heavy atom. The van der Waals surface area contributed by atoms with E-state index in [0.717, 1.165) is 10.0 Å². The zero-order valence-corrected chi connectivity index (χ0v) is 13.9. The number of hydrogen-bond donors (Lipinski definition) is 0. The van der Waals surface area contributed by atoms with E-state index in [1.165, 1.54) is 12.1 Å². The standard InChI is InChI=1S/C16H12BrNO6/c17-11-3-1-2-10(6-11)9-24-16(19)12-7-14-15(23-5-4-22-14)8-13(12)18(20)21/h1-3,6-8H,4-5,9H2. The van der Waals surface area contributed by atoms with Gasteiger partial charge in [0.05, 0.1) is 11.0 Å². The van der Waals surface area contributed by atoms with E-state index in [1.54, 1.807) is 18.2 Å². The molecule has 0 N–H and O–H groups in total. The monoisotopic (exact) mass is 393 g/mol. The number of rotatable bonds is 4. The Labute approximate surface area is 145 Å². The van der Waals surface area contributed by atoms with Crippen LogP contribution in [0.5, 0.6) is 11.5 Å². The molecule has 0 saturated carbocycles. The van der Waals surface area contributed by atoms with E-state index >= 15 is 0 Å². The van der Waals surface area contributed by atoms with Crippen LogP contribution < -0.4 is 9.47 Å². The minimum Gasteiger partial charge on any atom is -0.486 e. The second-order valence-corrected chi connectivity index (χ2v) is 5.89. The van der Waals surface area contributed by atoms with Crippen molar-refractivity contribution < 1.29 is 23.9 Å². The molecule has 0 saturated heterocycles. The van der Waals surface area contributed by atoms with Gasteiger partial charge in [-0.2, -0.15) is 0 Å². The molecule has 1 heterocycles. The van der Waals surface area contributed by atoms with Crippen LogP contribution in [0.3, 0.4) is 0 Å². The van der Waals surface area contributed by atoms with Crippen molar-refractivity contribution in [3.63, 3.8) is 0 Å². The van der Waals surface area contributed by atoms with Gasteiger partial charge in [-0.15, -0.1) is 0 Å². The zero-order chi connectivity index (χ0) is 17.1. The molecule has 8 heteroatoms. The van der Waals surface area contributed by atoms with Gasteiger partial charge < -0.3 is 14.2 Å². The Kier molecular flexibility index (Phi) is 4.66. The quantitative estimate of drug-likeness (QED) is 0.448. The lowest BCUT2D eigenvalue weighted by Gasteiger charge is -2.18. The highest BCUT2D eigenvalue weighted by Crippen LogP contribution is 2.37. The summed E-state index contributed by atoms with van der Waals surface area (Å²) in [5.41, 5.74) is 0.218. The van der Waals surface area contributed by atoms with Crippen molar-refractivity contribution in [2.45, 2.75) is 6.61 Å². The van der Waals surface area contributed by atoms with Crippen LogP contribution in [0.2, 0.25) is 0 Å². The van der Waals surface area contributed by atoms with Crippen molar-refractivity contribution in [1.82, 2.24) is 0 Å². The average Bonchev–Trinajstić information content (AvgIpc) is 2.58. The van der Waals surface area contributed by atoms with E-state index in [-0.39, 0.29) is 23.6 Å². The molecule has 24 heavy (non-hydrogen) atoms. The molecule has 2 aromatic carbocycles. The van der Waals surface area contributed by atoms with E-state index in [1.807, 2.05) is 6.07 Å². The van der Waals surface area contributed by atoms with Crippen molar-refractivity contribution in [2.75, 3.05) is 13.2 Å². The van der Waals surface area contributed by atoms with E-state index < -0.39 is 10.9 Å². The van der Waals surface area contributed by atoms with Crippen molar-refractivity contribution in [3.8, 4) is 11.5 Å². The normalized spacial score (nSPS) is 12.5. The smallest absolute Gasteiger partial charge is 0.345 e. The summed E-state index contributed by atoms with van der Waals surface area (Å²) in [6, 6.07) is 9.71. The minimum atomic E-state index is -0.793. The third kappa shape index (κ3) is 3.48. The molecule has 124 valence electrons. The maximum absolute atomic E-state index is 12.3. The SMILES string of the molecule is O=C(OCc1cccc(Br)c1)c1cc2c(cc1[N+](=O)[O-])OCCO2. The minimum absolute atomic E-state index is 0.00384. The number of esters is 1. The third-order valence-corrected chi connectivity index (χ3v) is 3.83. The fourth-order valence-electron chi connectivity index (χ4n) is 2.25. The molecule has 0 unspecified atom stereocenters. The van der Waals surface area contributed by atoms with Gasteiger partial charge in [-0.1, -0.05) is 28.1 Å². The number of carbonyl (C=O) groups is 1. The maximum atomic E-state index is 12.3. The third-order valence-electron chi connectivity index (χ3n) is 3.34. The van der Waals surface area contributed by atoms with Crippen LogP contribution >= 0.6 is 15.9 Å². The summed E-state index contributed by atoms with van der Waals surface area (Å²) in [7, 11) is 0. The summed E-state index contributed by atoms with van der Waals surface area (Å²) in [4.78, 5) is 22.9. The fourth-order valence-corrected chi connectivity index (χ4v) is 2.69. The average molecular weight is 394 g/mol. The lowest BCUT2D eigenvalue weighted by atomic mass is 10.1. The molecule has 1 aliphatic rings. The molecule has 0 aromatic heterocycles. The second kappa shape index (κ2) is 6.88. The van der Waals surface area contributed by atoms with E-state index in [0.29, 0.717) is 19.0 Å². The molecule has 0 radical (unpaired) electrons. The van der Waals surface area contributed by atoms with Crippen molar-refractivity contribution in [1.29, 1.82) is 0 Å². The van der Waals surface area contributed by atoms with Gasteiger partial charge in [0.2, 0.25) is 0 Å². The molecule has 0 bridgehead atoms. The second-order valence-electron chi connectivity index (χ2n) is 4.98. The fraction of sp³-hybridized carbons (Fsp3) is 0.188. The summed E-state index contributed by atoms with van der Waals surface area (Å²) in [5.74, 6) is -0.253. The van der Waals surface area contributed by atoms with Crippen LogP contribution in [0.4, 0.5) is 5.69 Å². The van der Waals surface area contributed by atoms with Gasteiger partial charge in [0.1, 0.15) is 25.4 Å². The van der Waals surface area contributed by atoms with Crippen molar-refractivity contribution in [3.05, 3.63) is 62.1 Å². The predicted molar refractivity (Wildman–Crippen MR) is 87.3 cm³/mol. The van der Waals surface area contributed by atoms with Crippen molar-refractivity contribution >= 4 is 27.6 Å². The lowest BCUT2D eigenvalue weighted by molar-refractivity contribution is -0.385. The van der Waals surface area contributed by atoms with Gasteiger partial charge in [0, 0.05) is 10.5 Å². The van der Waals surface area contributed by atoms with Crippen LogP contribution in [-0.4, -0.2) is 24.1 Å². The van der Waals surface area contributed by atoms with Crippen LogP contribution in [-0.2, 0) is 11.3 Å². The first kappa shape index (κ1) is 16.3. The van der Waals surface area contributed by atoms with Gasteiger partial charge in [-0.3, -0.25) is 10.1 Å². The summed E-state index contributed by atoms with van der Waals surface area (Å²) in [5, 5.41) is 11.2. The Balaban J connectivity index is 1.84. The number of nitrogens with zero attached hydrogens (tertiary/aromatic N) is 1. The number of nitro groups is 1. The van der Waals surface area contributed by atoms with Gasteiger partial charge in [-0.05, 0) is 17.7 Å².